The summed E-state index contributed by atoms with van der Waals surface area (Å²) in [7, 11) is 0. The zero-order valence-electron chi connectivity index (χ0n) is 16.1. The van der Waals surface area contributed by atoms with Gasteiger partial charge in [-0.3, -0.25) is 9.78 Å². The number of aromatic nitrogens is 3. The first-order chi connectivity index (χ1) is 14.1. The van der Waals surface area contributed by atoms with Crippen LogP contribution < -0.4 is 10.2 Å². The van der Waals surface area contributed by atoms with Gasteiger partial charge >= 0.3 is 0 Å². The standard InChI is InChI=1S/C21H22FN5O2/c1-2-15-10-25-20(12-24-15)27-7-5-16(6-8-27)26-21(28)14-3-4-17(18(22)9-14)19-11-23-13-29-19/h3-4,9-13,16H,2,5-8H2,1H3,(H,26,28). The van der Waals surface area contributed by atoms with Crippen molar-refractivity contribution < 1.29 is 13.6 Å². The maximum Gasteiger partial charge on any atom is 0.251 e. The number of nitrogens with one attached hydrogen (secondary N) is 1. The molecule has 1 fully saturated rings. The number of halogens is 1. The lowest BCUT2D eigenvalue weighted by Crippen LogP contribution is -2.45. The zero-order chi connectivity index (χ0) is 20.2. The summed E-state index contributed by atoms with van der Waals surface area (Å²) >= 11 is 0. The summed E-state index contributed by atoms with van der Waals surface area (Å²) < 4.78 is 19.5. The van der Waals surface area contributed by atoms with Crippen molar-refractivity contribution in [2.24, 2.45) is 0 Å². The quantitative estimate of drug-likeness (QED) is 0.714. The van der Waals surface area contributed by atoms with Gasteiger partial charge in [0.1, 0.15) is 11.6 Å². The topological polar surface area (TPSA) is 84.2 Å². The van der Waals surface area contributed by atoms with Crippen molar-refractivity contribution in [1.29, 1.82) is 0 Å². The van der Waals surface area contributed by atoms with Crippen molar-refractivity contribution in [3.8, 4) is 11.3 Å². The first kappa shape index (κ1) is 19.0. The van der Waals surface area contributed by atoms with Gasteiger partial charge in [-0.05, 0) is 37.5 Å². The van der Waals surface area contributed by atoms with E-state index >= 15 is 0 Å². The highest BCUT2D eigenvalue weighted by atomic mass is 19.1. The van der Waals surface area contributed by atoms with Crippen LogP contribution in [0.15, 0.2) is 47.6 Å². The van der Waals surface area contributed by atoms with Crippen molar-refractivity contribution in [3.63, 3.8) is 0 Å². The van der Waals surface area contributed by atoms with E-state index in [-0.39, 0.29) is 23.1 Å². The van der Waals surface area contributed by atoms with Crippen LogP contribution in [0.25, 0.3) is 11.3 Å². The molecule has 2 aromatic heterocycles. The van der Waals surface area contributed by atoms with E-state index in [9.17, 15) is 9.18 Å². The smallest absolute Gasteiger partial charge is 0.251 e. The number of benzene rings is 1. The second-order valence-electron chi connectivity index (χ2n) is 7.01. The van der Waals surface area contributed by atoms with Crippen LogP contribution in [0.1, 0.15) is 35.8 Å². The second kappa shape index (κ2) is 8.38. The molecule has 0 unspecified atom stereocenters. The van der Waals surface area contributed by atoms with E-state index in [1.807, 2.05) is 6.92 Å². The minimum atomic E-state index is -0.515. The monoisotopic (exact) mass is 395 g/mol. The molecule has 8 heteroatoms. The predicted octanol–water partition coefficient (Wildman–Crippen LogP) is 3.23. The lowest BCUT2D eigenvalue weighted by Gasteiger charge is -2.33. The van der Waals surface area contributed by atoms with Crippen molar-refractivity contribution in [2.45, 2.75) is 32.2 Å². The molecule has 0 saturated carbocycles. The zero-order valence-corrected chi connectivity index (χ0v) is 16.1. The Morgan fingerprint density at radius 1 is 1.24 bits per heavy atom. The van der Waals surface area contributed by atoms with Crippen LogP contribution >= 0.6 is 0 Å². The van der Waals surface area contributed by atoms with Crippen molar-refractivity contribution in [3.05, 3.63) is 60.3 Å². The van der Waals surface area contributed by atoms with Crippen LogP contribution in [0.3, 0.4) is 0 Å². The minimum Gasteiger partial charge on any atom is -0.443 e. The highest BCUT2D eigenvalue weighted by Gasteiger charge is 2.23. The number of rotatable bonds is 5. The van der Waals surface area contributed by atoms with Gasteiger partial charge in [-0.2, -0.15) is 0 Å². The van der Waals surface area contributed by atoms with Crippen LogP contribution in [0.5, 0.6) is 0 Å². The summed E-state index contributed by atoms with van der Waals surface area (Å²) in [6, 6.07) is 4.40. The molecule has 1 amide bonds. The van der Waals surface area contributed by atoms with Gasteiger partial charge in [-0.25, -0.2) is 14.4 Å². The number of amides is 1. The first-order valence-corrected chi connectivity index (χ1v) is 9.69. The summed E-state index contributed by atoms with van der Waals surface area (Å²) in [5.74, 6) is 0.394. The van der Waals surface area contributed by atoms with Gasteiger partial charge in [0, 0.05) is 24.7 Å². The van der Waals surface area contributed by atoms with E-state index in [0.29, 0.717) is 5.76 Å². The van der Waals surface area contributed by atoms with Gasteiger partial charge in [0.05, 0.1) is 29.8 Å². The molecular weight excluding hydrogens is 373 g/mol. The number of nitrogens with zero attached hydrogens (tertiary/aromatic N) is 4. The predicted molar refractivity (Wildman–Crippen MR) is 106 cm³/mol. The van der Waals surface area contributed by atoms with E-state index in [0.717, 1.165) is 43.9 Å². The molecule has 1 N–H and O–H groups in total. The van der Waals surface area contributed by atoms with Gasteiger partial charge in [-0.15, -0.1) is 0 Å². The van der Waals surface area contributed by atoms with Gasteiger partial charge in [0.2, 0.25) is 0 Å². The lowest BCUT2D eigenvalue weighted by molar-refractivity contribution is 0.0930. The molecule has 1 saturated heterocycles. The average Bonchev–Trinajstić information content (AvgIpc) is 3.29. The summed E-state index contributed by atoms with van der Waals surface area (Å²) in [5, 5.41) is 3.00. The molecule has 4 rings (SSSR count). The normalized spacial score (nSPS) is 14.8. The number of hydrogen-bond acceptors (Lipinski definition) is 6. The number of hydrogen-bond donors (Lipinski definition) is 1. The molecule has 150 valence electrons. The van der Waals surface area contributed by atoms with E-state index in [1.165, 1.54) is 24.7 Å². The molecule has 0 spiro atoms. The first-order valence-electron chi connectivity index (χ1n) is 9.69. The van der Waals surface area contributed by atoms with Gasteiger partial charge in [0.25, 0.3) is 5.91 Å². The number of anilines is 1. The molecule has 1 aliphatic rings. The van der Waals surface area contributed by atoms with Crippen LogP contribution in [-0.4, -0.2) is 40.0 Å². The third-order valence-corrected chi connectivity index (χ3v) is 5.14. The van der Waals surface area contributed by atoms with Gasteiger partial charge in [-0.1, -0.05) is 6.92 Å². The molecule has 7 nitrogen and oxygen atoms in total. The SMILES string of the molecule is CCc1cnc(N2CCC(NC(=O)c3ccc(-c4cnco4)c(F)c3)CC2)cn1. The van der Waals surface area contributed by atoms with Crippen LogP contribution in [0, 0.1) is 5.82 Å². The Morgan fingerprint density at radius 2 is 2.07 bits per heavy atom. The third kappa shape index (κ3) is 4.26. The molecule has 0 atom stereocenters. The lowest BCUT2D eigenvalue weighted by atomic mass is 10.0. The second-order valence-corrected chi connectivity index (χ2v) is 7.01. The molecular formula is C21H22FN5O2. The van der Waals surface area contributed by atoms with Crippen molar-refractivity contribution in [1.82, 2.24) is 20.3 Å². The average molecular weight is 395 g/mol. The number of carbonyl (C=O) groups is 1. The van der Waals surface area contributed by atoms with E-state index in [4.69, 9.17) is 4.42 Å². The number of piperidine rings is 1. The molecule has 3 heterocycles. The molecule has 0 bridgehead atoms. The molecule has 0 aliphatic carbocycles. The Balaban J connectivity index is 1.34. The Hall–Kier alpha value is -3.29. The Morgan fingerprint density at radius 3 is 2.69 bits per heavy atom. The molecule has 0 radical (unpaired) electrons. The maximum absolute atomic E-state index is 14.4. The van der Waals surface area contributed by atoms with Crippen molar-refractivity contribution in [2.75, 3.05) is 18.0 Å². The van der Waals surface area contributed by atoms with Gasteiger partial charge in [0.15, 0.2) is 12.2 Å². The maximum atomic E-state index is 14.4. The fourth-order valence-corrected chi connectivity index (χ4v) is 3.42. The van der Waals surface area contributed by atoms with E-state index < -0.39 is 5.82 Å². The van der Waals surface area contributed by atoms with Crippen molar-refractivity contribution >= 4 is 11.7 Å². The number of oxazole rings is 1. The Bertz CT molecular complexity index is 967. The molecule has 29 heavy (non-hydrogen) atoms. The number of carbonyl (C=O) groups excluding carboxylic acids is 1. The Kier molecular flexibility index (Phi) is 5.50. The number of aryl methyl sites for hydroxylation is 1. The van der Waals surface area contributed by atoms with Gasteiger partial charge < -0.3 is 14.6 Å². The summed E-state index contributed by atoms with van der Waals surface area (Å²) in [6.45, 7) is 3.61. The fraction of sp³-hybridized carbons (Fsp3) is 0.333. The van der Waals surface area contributed by atoms with E-state index in [2.05, 4.69) is 25.2 Å². The summed E-state index contributed by atoms with van der Waals surface area (Å²) in [4.78, 5) is 27.4. The summed E-state index contributed by atoms with van der Waals surface area (Å²) in [5.41, 5.74) is 1.54. The van der Waals surface area contributed by atoms with Crippen LogP contribution in [0.2, 0.25) is 0 Å². The highest BCUT2D eigenvalue weighted by Crippen LogP contribution is 2.23. The minimum absolute atomic E-state index is 0.0404. The third-order valence-electron chi connectivity index (χ3n) is 5.14. The Labute approximate surface area is 168 Å². The highest BCUT2D eigenvalue weighted by molar-refractivity contribution is 5.94. The molecule has 1 aromatic carbocycles. The van der Waals surface area contributed by atoms with E-state index in [1.54, 1.807) is 18.5 Å². The van der Waals surface area contributed by atoms with Crippen LogP contribution in [-0.2, 0) is 6.42 Å². The summed E-state index contributed by atoms with van der Waals surface area (Å²) in [6.07, 6.45) is 8.74. The molecule has 1 aliphatic heterocycles. The van der Waals surface area contributed by atoms with Crippen LogP contribution in [0.4, 0.5) is 10.2 Å². The fourth-order valence-electron chi connectivity index (χ4n) is 3.42. The molecule has 3 aromatic rings. The largest absolute Gasteiger partial charge is 0.443 e.